The van der Waals surface area contributed by atoms with E-state index in [1.54, 1.807) is 0 Å². The van der Waals surface area contributed by atoms with E-state index in [2.05, 4.69) is 100 Å². The largest absolute Gasteiger partial charge is 0.278 e. The molecule has 7 aromatic carbocycles. The van der Waals surface area contributed by atoms with Crippen molar-refractivity contribution in [2.75, 3.05) is 0 Å². The van der Waals surface area contributed by atoms with Crippen LogP contribution in [-0.4, -0.2) is 39.0 Å². The molecule has 0 aliphatic heterocycles. The van der Waals surface area contributed by atoms with E-state index in [1.165, 1.54) is 0 Å². The fraction of sp³-hybridized carbons (Fsp3) is 0. The average Bonchev–Trinajstić information content (AvgIpc) is 3.80. The Morgan fingerprint density at radius 2 is 0.589 bits per heavy atom. The van der Waals surface area contributed by atoms with Crippen LogP contribution in [0.5, 0.6) is 0 Å². The Bertz CT molecular complexity index is 3130. The Balaban J connectivity index is 1.15. The van der Waals surface area contributed by atoms with Gasteiger partial charge in [0.2, 0.25) is 11.9 Å². The Morgan fingerprint density at radius 3 is 1.04 bits per heavy atom. The maximum Gasteiger partial charge on any atom is 0.240 e. The van der Waals surface area contributed by atoms with E-state index in [0.717, 1.165) is 65.9 Å². The SMILES string of the molecule is c1ccc(-c2nc(-c3ccccc3)nc(-c3ccc4c(c3)c3ccccc3n4-c3nc(-c4ccccc4)nc(-n4c5ccccc5c5ccccc54)n3)n2)cc1. The summed E-state index contributed by atoms with van der Waals surface area (Å²) in [5.41, 5.74) is 7.61. The fourth-order valence-corrected chi connectivity index (χ4v) is 7.67. The van der Waals surface area contributed by atoms with E-state index < -0.39 is 0 Å². The molecule has 56 heavy (non-hydrogen) atoms. The molecule has 11 aromatic rings. The van der Waals surface area contributed by atoms with Gasteiger partial charge in [0.1, 0.15) is 0 Å². The second-order valence-corrected chi connectivity index (χ2v) is 13.6. The second-order valence-electron chi connectivity index (χ2n) is 13.6. The van der Waals surface area contributed by atoms with Crippen molar-refractivity contribution in [3.8, 4) is 57.4 Å². The molecule has 0 spiro atoms. The van der Waals surface area contributed by atoms with Gasteiger partial charge >= 0.3 is 0 Å². The highest BCUT2D eigenvalue weighted by molar-refractivity contribution is 6.11. The summed E-state index contributed by atoms with van der Waals surface area (Å²) < 4.78 is 4.28. The van der Waals surface area contributed by atoms with Gasteiger partial charge < -0.3 is 0 Å². The molecule has 0 N–H and O–H groups in total. The van der Waals surface area contributed by atoms with Crippen molar-refractivity contribution in [3.63, 3.8) is 0 Å². The number of hydrogen-bond donors (Lipinski definition) is 0. The standard InChI is InChI=1S/C48H30N8/c1-4-16-31(17-5-1)43-49-44(32-18-6-2-7-19-32)51-46(50-43)34-28-29-42-38(30-34)37-24-12-15-27-41(37)56(42)48-53-45(33-20-8-3-9-21-33)52-47(54-48)55-39-25-13-10-22-35(39)36-23-11-14-26-40(36)55/h1-30H. The smallest absolute Gasteiger partial charge is 0.240 e. The van der Waals surface area contributed by atoms with Crippen molar-refractivity contribution < 1.29 is 0 Å². The van der Waals surface area contributed by atoms with Crippen LogP contribution >= 0.6 is 0 Å². The molecule has 0 amide bonds. The molecule has 0 unspecified atom stereocenters. The minimum atomic E-state index is 0.521. The van der Waals surface area contributed by atoms with Crippen LogP contribution in [0.1, 0.15) is 0 Å². The zero-order valence-electron chi connectivity index (χ0n) is 29.9. The molecule has 262 valence electrons. The molecule has 8 nitrogen and oxygen atoms in total. The minimum Gasteiger partial charge on any atom is -0.278 e. The Hall–Kier alpha value is -7.84. The molecule has 0 saturated heterocycles. The van der Waals surface area contributed by atoms with Crippen molar-refractivity contribution in [1.82, 2.24) is 39.0 Å². The number of hydrogen-bond acceptors (Lipinski definition) is 6. The van der Waals surface area contributed by atoms with Gasteiger partial charge in [-0.15, -0.1) is 0 Å². The fourth-order valence-electron chi connectivity index (χ4n) is 7.67. The molecule has 4 heterocycles. The average molecular weight is 719 g/mol. The molecule has 0 aliphatic rings. The van der Waals surface area contributed by atoms with Gasteiger partial charge in [0.15, 0.2) is 23.3 Å². The third-order valence-corrected chi connectivity index (χ3v) is 10.3. The lowest BCUT2D eigenvalue weighted by molar-refractivity contribution is 0.893. The van der Waals surface area contributed by atoms with E-state index in [0.29, 0.717) is 35.2 Å². The Labute approximate surface area is 321 Å². The van der Waals surface area contributed by atoms with E-state index >= 15 is 0 Å². The first-order valence-corrected chi connectivity index (χ1v) is 18.5. The van der Waals surface area contributed by atoms with Crippen LogP contribution in [0.2, 0.25) is 0 Å². The molecule has 4 aromatic heterocycles. The number of nitrogens with zero attached hydrogens (tertiary/aromatic N) is 8. The molecule has 0 bridgehead atoms. The van der Waals surface area contributed by atoms with Crippen LogP contribution < -0.4 is 0 Å². The maximum absolute atomic E-state index is 5.29. The van der Waals surface area contributed by atoms with Crippen LogP contribution in [0.4, 0.5) is 0 Å². The van der Waals surface area contributed by atoms with Crippen LogP contribution in [0.3, 0.4) is 0 Å². The first kappa shape index (κ1) is 31.7. The predicted molar refractivity (Wildman–Crippen MR) is 224 cm³/mol. The molecular weight excluding hydrogens is 689 g/mol. The first-order valence-electron chi connectivity index (χ1n) is 18.5. The highest BCUT2D eigenvalue weighted by atomic mass is 15.3. The van der Waals surface area contributed by atoms with Gasteiger partial charge in [-0.3, -0.25) is 9.13 Å². The molecule has 0 fully saturated rings. The number of fused-ring (bicyclic) bond motifs is 6. The van der Waals surface area contributed by atoms with Crippen molar-refractivity contribution in [2.45, 2.75) is 0 Å². The van der Waals surface area contributed by atoms with E-state index in [-0.39, 0.29) is 0 Å². The topological polar surface area (TPSA) is 87.2 Å². The van der Waals surface area contributed by atoms with E-state index in [9.17, 15) is 0 Å². The highest BCUT2D eigenvalue weighted by Crippen LogP contribution is 2.36. The van der Waals surface area contributed by atoms with Crippen LogP contribution in [0, 0.1) is 0 Å². The summed E-state index contributed by atoms with van der Waals surface area (Å²) in [6, 6.07) is 61.7. The highest BCUT2D eigenvalue weighted by Gasteiger charge is 2.21. The molecule has 0 saturated carbocycles. The summed E-state index contributed by atoms with van der Waals surface area (Å²) in [4.78, 5) is 30.6. The Kier molecular flexibility index (Phi) is 7.31. The summed E-state index contributed by atoms with van der Waals surface area (Å²) in [5.74, 6) is 3.48. The molecule has 11 rings (SSSR count). The summed E-state index contributed by atoms with van der Waals surface area (Å²) in [7, 11) is 0. The normalized spacial score (nSPS) is 11.6. The van der Waals surface area contributed by atoms with Crippen molar-refractivity contribution in [1.29, 1.82) is 0 Å². The number of para-hydroxylation sites is 3. The third-order valence-electron chi connectivity index (χ3n) is 10.3. The van der Waals surface area contributed by atoms with Gasteiger partial charge in [0.25, 0.3) is 0 Å². The second kappa shape index (κ2) is 12.9. The van der Waals surface area contributed by atoms with Crippen LogP contribution in [0.15, 0.2) is 182 Å². The number of rotatable bonds is 6. The minimum absolute atomic E-state index is 0.521. The molecule has 0 aliphatic carbocycles. The zero-order chi connectivity index (χ0) is 37.0. The number of benzene rings is 7. The van der Waals surface area contributed by atoms with Gasteiger partial charge in [-0.1, -0.05) is 146 Å². The molecule has 8 heteroatoms. The molecular formula is C48H30N8. The maximum atomic E-state index is 5.29. The summed E-state index contributed by atoms with van der Waals surface area (Å²) in [6.45, 7) is 0. The summed E-state index contributed by atoms with van der Waals surface area (Å²) >= 11 is 0. The van der Waals surface area contributed by atoms with Gasteiger partial charge in [-0.25, -0.2) is 15.0 Å². The first-order chi connectivity index (χ1) is 27.8. The van der Waals surface area contributed by atoms with E-state index in [4.69, 9.17) is 29.9 Å². The lowest BCUT2D eigenvalue weighted by Crippen LogP contribution is -2.10. The van der Waals surface area contributed by atoms with Gasteiger partial charge in [0.05, 0.1) is 22.1 Å². The lowest BCUT2D eigenvalue weighted by Gasteiger charge is -2.12. The molecule has 0 radical (unpaired) electrons. The third kappa shape index (κ3) is 5.23. The predicted octanol–water partition coefficient (Wildman–Crippen LogP) is 10.9. The van der Waals surface area contributed by atoms with Crippen molar-refractivity contribution in [2.24, 2.45) is 0 Å². The number of aromatic nitrogens is 8. The van der Waals surface area contributed by atoms with Gasteiger partial charge in [-0.2, -0.15) is 15.0 Å². The van der Waals surface area contributed by atoms with Gasteiger partial charge in [0, 0.05) is 43.8 Å². The van der Waals surface area contributed by atoms with Crippen LogP contribution in [0.25, 0.3) is 101 Å². The monoisotopic (exact) mass is 718 g/mol. The van der Waals surface area contributed by atoms with Crippen molar-refractivity contribution in [3.05, 3.63) is 182 Å². The quantitative estimate of drug-likeness (QED) is 0.170. The zero-order valence-corrected chi connectivity index (χ0v) is 29.9. The molecule has 0 atom stereocenters. The summed E-state index contributed by atoms with van der Waals surface area (Å²) in [6.07, 6.45) is 0. The summed E-state index contributed by atoms with van der Waals surface area (Å²) in [5, 5.41) is 4.37. The van der Waals surface area contributed by atoms with Gasteiger partial charge in [-0.05, 0) is 36.4 Å². The van der Waals surface area contributed by atoms with Crippen LogP contribution in [-0.2, 0) is 0 Å². The lowest BCUT2D eigenvalue weighted by atomic mass is 10.1. The van der Waals surface area contributed by atoms with Crippen molar-refractivity contribution >= 4 is 43.6 Å². The van der Waals surface area contributed by atoms with E-state index in [1.807, 2.05) is 91.0 Å². The Morgan fingerprint density at radius 1 is 0.250 bits per heavy atom.